The van der Waals surface area contributed by atoms with Crippen LogP contribution in [0.25, 0.3) is 16.9 Å². The van der Waals surface area contributed by atoms with E-state index in [1.165, 1.54) is 5.56 Å². The Morgan fingerprint density at radius 2 is 1.94 bits per heavy atom. The van der Waals surface area contributed by atoms with Gasteiger partial charge in [0.1, 0.15) is 5.65 Å². The van der Waals surface area contributed by atoms with Gasteiger partial charge < -0.3 is 4.40 Å². The molecular formula is C15H13ClN2. The molecule has 2 heterocycles. The van der Waals surface area contributed by atoms with Crippen LogP contribution in [-0.4, -0.2) is 9.38 Å². The van der Waals surface area contributed by atoms with Crippen molar-refractivity contribution in [3.63, 3.8) is 0 Å². The summed E-state index contributed by atoms with van der Waals surface area (Å²) in [6, 6.07) is 12.0. The van der Waals surface area contributed by atoms with E-state index in [2.05, 4.69) is 41.6 Å². The van der Waals surface area contributed by atoms with E-state index in [4.69, 9.17) is 11.6 Å². The highest BCUT2D eigenvalue weighted by molar-refractivity contribution is 6.30. The zero-order valence-corrected chi connectivity index (χ0v) is 11.1. The number of aryl methyl sites for hydroxylation is 2. The lowest BCUT2D eigenvalue weighted by Gasteiger charge is -2.00. The molecule has 3 rings (SSSR count). The van der Waals surface area contributed by atoms with Gasteiger partial charge >= 0.3 is 0 Å². The number of benzene rings is 1. The van der Waals surface area contributed by atoms with Gasteiger partial charge in [-0.05, 0) is 43.7 Å². The molecule has 0 N–H and O–H groups in total. The Bertz CT molecular complexity index is 728. The average Bonchev–Trinajstić information content (AvgIpc) is 2.66. The van der Waals surface area contributed by atoms with E-state index >= 15 is 0 Å². The summed E-state index contributed by atoms with van der Waals surface area (Å²) < 4.78 is 2.10. The molecule has 2 aromatic heterocycles. The fourth-order valence-electron chi connectivity index (χ4n) is 2.18. The minimum absolute atomic E-state index is 0.736. The summed E-state index contributed by atoms with van der Waals surface area (Å²) >= 11 is 6.04. The summed E-state index contributed by atoms with van der Waals surface area (Å²) in [6.07, 6.45) is 2.06. The number of halogens is 1. The van der Waals surface area contributed by atoms with Gasteiger partial charge in [0.15, 0.2) is 0 Å². The molecule has 18 heavy (non-hydrogen) atoms. The van der Waals surface area contributed by atoms with Crippen LogP contribution < -0.4 is 0 Å². The van der Waals surface area contributed by atoms with E-state index in [9.17, 15) is 0 Å². The zero-order valence-electron chi connectivity index (χ0n) is 10.3. The largest absolute Gasteiger partial charge is 0.304 e. The number of rotatable bonds is 1. The zero-order chi connectivity index (χ0) is 12.7. The predicted molar refractivity (Wildman–Crippen MR) is 75.1 cm³/mol. The van der Waals surface area contributed by atoms with Crippen LogP contribution in [0.5, 0.6) is 0 Å². The van der Waals surface area contributed by atoms with E-state index in [1.807, 2.05) is 24.3 Å². The van der Waals surface area contributed by atoms with Crippen LogP contribution in [0.4, 0.5) is 0 Å². The minimum atomic E-state index is 0.736. The van der Waals surface area contributed by atoms with Crippen molar-refractivity contribution in [1.82, 2.24) is 9.38 Å². The molecule has 3 heteroatoms. The fourth-order valence-corrected chi connectivity index (χ4v) is 2.37. The predicted octanol–water partition coefficient (Wildman–Crippen LogP) is 4.27. The van der Waals surface area contributed by atoms with Gasteiger partial charge in [-0.3, -0.25) is 0 Å². The van der Waals surface area contributed by atoms with Crippen LogP contribution in [0.3, 0.4) is 0 Å². The summed E-state index contributed by atoms with van der Waals surface area (Å²) in [5, 5.41) is 0.736. The number of nitrogens with zero attached hydrogens (tertiary/aromatic N) is 2. The molecule has 0 aliphatic heterocycles. The molecule has 0 saturated heterocycles. The number of pyridine rings is 1. The van der Waals surface area contributed by atoms with Crippen molar-refractivity contribution >= 4 is 17.2 Å². The molecular weight excluding hydrogens is 244 g/mol. The third-order valence-corrected chi connectivity index (χ3v) is 3.35. The molecule has 0 aliphatic carbocycles. The Kier molecular flexibility index (Phi) is 2.60. The minimum Gasteiger partial charge on any atom is -0.304 e. The Labute approximate surface area is 111 Å². The molecule has 3 aromatic rings. The molecule has 0 aliphatic rings. The molecule has 0 atom stereocenters. The van der Waals surface area contributed by atoms with Gasteiger partial charge in [0.25, 0.3) is 0 Å². The second-order valence-corrected chi connectivity index (χ2v) is 4.92. The summed E-state index contributed by atoms with van der Waals surface area (Å²) in [5.41, 5.74) is 5.37. The van der Waals surface area contributed by atoms with Gasteiger partial charge in [0.2, 0.25) is 0 Å². The average molecular weight is 257 g/mol. The smallest absolute Gasteiger partial charge is 0.137 e. The maximum absolute atomic E-state index is 6.04. The quantitative estimate of drug-likeness (QED) is 0.636. The van der Waals surface area contributed by atoms with Crippen molar-refractivity contribution in [2.45, 2.75) is 13.8 Å². The molecule has 0 unspecified atom stereocenters. The first-order chi connectivity index (χ1) is 8.65. The van der Waals surface area contributed by atoms with Gasteiger partial charge in [0.05, 0.1) is 5.69 Å². The van der Waals surface area contributed by atoms with E-state index in [1.54, 1.807) is 0 Å². The second kappa shape index (κ2) is 4.14. The highest BCUT2D eigenvalue weighted by Crippen LogP contribution is 2.26. The lowest BCUT2D eigenvalue weighted by atomic mass is 10.1. The molecule has 90 valence electrons. The van der Waals surface area contributed by atoms with E-state index in [0.29, 0.717) is 0 Å². The van der Waals surface area contributed by atoms with Crippen molar-refractivity contribution in [3.05, 3.63) is 58.9 Å². The van der Waals surface area contributed by atoms with Crippen molar-refractivity contribution in [3.8, 4) is 11.3 Å². The topological polar surface area (TPSA) is 17.3 Å². The molecule has 0 spiro atoms. The van der Waals surface area contributed by atoms with Crippen LogP contribution in [0, 0.1) is 13.8 Å². The first kappa shape index (κ1) is 11.3. The molecule has 0 radical (unpaired) electrons. The third-order valence-electron chi connectivity index (χ3n) is 3.12. The Morgan fingerprint density at radius 1 is 1.11 bits per heavy atom. The van der Waals surface area contributed by atoms with Crippen molar-refractivity contribution in [1.29, 1.82) is 0 Å². The highest BCUT2D eigenvalue weighted by Gasteiger charge is 2.10. The maximum Gasteiger partial charge on any atom is 0.137 e. The van der Waals surface area contributed by atoms with Gasteiger partial charge in [0, 0.05) is 22.5 Å². The standard InChI is InChI=1S/C15H13ClN2/c1-10-6-7-18-11(2)15(17-14(18)8-10)12-4-3-5-13(16)9-12/h3-9H,1-2H3. The van der Waals surface area contributed by atoms with Crippen LogP contribution >= 0.6 is 11.6 Å². The maximum atomic E-state index is 6.04. The Morgan fingerprint density at radius 3 is 2.72 bits per heavy atom. The number of hydrogen-bond acceptors (Lipinski definition) is 1. The van der Waals surface area contributed by atoms with Gasteiger partial charge in [-0.25, -0.2) is 4.98 Å². The Balaban J connectivity index is 2.27. The van der Waals surface area contributed by atoms with Crippen LogP contribution in [0.2, 0.25) is 5.02 Å². The molecule has 0 bridgehead atoms. The number of fused-ring (bicyclic) bond motifs is 1. The first-order valence-corrected chi connectivity index (χ1v) is 6.24. The summed E-state index contributed by atoms with van der Waals surface area (Å²) in [6.45, 7) is 4.15. The molecule has 0 amide bonds. The number of imidazole rings is 1. The van der Waals surface area contributed by atoms with Gasteiger partial charge in [-0.2, -0.15) is 0 Å². The summed E-state index contributed by atoms with van der Waals surface area (Å²) in [7, 11) is 0. The normalized spacial score (nSPS) is 11.1. The lowest BCUT2D eigenvalue weighted by molar-refractivity contribution is 1.10. The van der Waals surface area contributed by atoms with E-state index in [0.717, 1.165) is 27.6 Å². The number of hydrogen-bond donors (Lipinski definition) is 0. The van der Waals surface area contributed by atoms with Crippen molar-refractivity contribution in [2.75, 3.05) is 0 Å². The molecule has 0 fully saturated rings. The molecule has 1 aromatic carbocycles. The summed E-state index contributed by atoms with van der Waals surface area (Å²) in [4.78, 5) is 4.69. The number of aromatic nitrogens is 2. The van der Waals surface area contributed by atoms with Crippen LogP contribution in [0.15, 0.2) is 42.6 Å². The van der Waals surface area contributed by atoms with Crippen LogP contribution in [0.1, 0.15) is 11.3 Å². The fraction of sp³-hybridized carbons (Fsp3) is 0.133. The van der Waals surface area contributed by atoms with Gasteiger partial charge in [-0.15, -0.1) is 0 Å². The van der Waals surface area contributed by atoms with Crippen LogP contribution in [-0.2, 0) is 0 Å². The lowest BCUT2D eigenvalue weighted by Crippen LogP contribution is -1.87. The van der Waals surface area contributed by atoms with Crippen molar-refractivity contribution < 1.29 is 0 Å². The van der Waals surface area contributed by atoms with E-state index < -0.39 is 0 Å². The van der Waals surface area contributed by atoms with E-state index in [-0.39, 0.29) is 0 Å². The monoisotopic (exact) mass is 256 g/mol. The SMILES string of the molecule is Cc1ccn2c(C)c(-c3cccc(Cl)c3)nc2c1. The molecule has 2 nitrogen and oxygen atoms in total. The highest BCUT2D eigenvalue weighted by atomic mass is 35.5. The second-order valence-electron chi connectivity index (χ2n) is 4.49. The summed E-state index contributed by atoms with van der Waals surface area (Å²) in [5.74, 6) is 0. The van der Waals surface area contributed by atoms with Gasteiger partial charge in [-0.1, -0.05) is 23.7 Å². The Hall–Kier alpha value is -1.80. The molecule has 0 saturated carbocycles. The van der Waals surface area contributed by atoms with Crippen molar-refractivity contribution in [2.24, 2.45) is 0 Å². The first-order valence-electron chi connectivity index (χ1n) is 5.86. The third kappa shape index (κ3) is 1.79.